The molecule has 3 rings (SSSR count). The molecule has 2 atom stereocenters. The van der Waals surface area contributed by atoms with Crippen molar-refractivity contribution in [3.63, 3.8) is 0 Å². The number of hydrogen-bond acceptors (Lipinski definition) is 5. The van der Waals surface area contributed by atoms with Crippen molar-refractivity contribution < 1.29 is 19.4 Å². The molecular weight excluding hydrogens is 320 g/mol. The summed E-state index contributed by atoms with van der Waals surface area (Å²) in [5.41, 5.74) is 2.27. The quantitative estimate of drug-likeness (QED) is 0.738. The SMILES string of the molecule is COCc1cc(CN2C[C@H](NC(=O)CO)[C@@H](C3CC3)C2)ccc1OC. The molecule has 0 bridgehead atoms. The number of aliphatic hydroxyl groups is 1. The molecule has 2 aliphatic rings. The highest BCUT2D eigenvalue weighted by atomic mass is 16.5. The average Bonchev–Trinajstić information content (AvgIpc) is 3.38. The second-order valence-corrected chi connectivity index (χ2v) is 7.11. The summed E-state index contributed by atoms with van der Waals surface area (Å²) in [4.78, 5) is 14.0. The van der Waals surface area contributed by atoms with Crippen LogP contribution in [0, 0.1) is 11.8 Å². The van der Waals surface area contributed by atoms with Crippen LogP contribution in [0.2, 0.25) is 0 Å². The van der Waals surface area contributed by atoms with Crippen molar-refractivity contribution in [2.75, 3.05) is 33.9 Å². The van der Waals surface area contributed by atoms with Crippen molar-refractivity contribution in [3.05, 3.63) is 29.3 Å². The lowest BCUT2D eigenvalue weighted by atomic mass is 9.98. The number of carbonyl (C=O) groups excluding carboxylic acids is 1. The first-order valence-corrected chi connectivity index (χ1v) is 8.92. The van der Waals surface area contributed by atoms with Crippen molar-refractivity contribution in [3.8, 4) is 5.75 Å². The van der Waals surface area contributed by atoms with Gasteiger partial charge < -0.3 is 19.9 Å². The second-order valence-electron chi connectivity index (χ2n) is 7.11. The van der Waals surface area contributed by atoms with Crippen LogP contribution in [0.25, 0.3) is 0 Å². The summed E-state index contributed by atoms with van der Waals surface area (Å²) in [5.74, 6) is 1.78. The summed E-state index contributed by atoms with van der Waals surface area (Å²) in [6.45, 7) is 2.75. The number of nitrogens with zero attached hydrogens (tertiary/aromatic N) is 1. The number of likely N-dealkylation sites (tertiary alicyclic amines) is 1. The minimum atomic E-state index is -0.438. The minimum absolute atomic E-state index is 0.142. The Kier molecular flexibility index (Phi) is 5.93. The number of carbonyl (C=O) groups is 1. The van der Waals surface area contributed by atoms with Gasteiger partial charge >= 0.3 is 0 Å². The maximum absolute atomic E-state index is 11.6. The monoisotopic (exact) mass is 348 g/mol. The molecular formula is C19H28N2O4. The third kappa shape index (κ3) is 4.51. The topological polar surface area (TPSA) is 71.0 Å². The zero-order valence-electron chi connectivity index (χ0n) is 15.0. The van der Waals surface area contributed by atoms with Crippen LogP contribution in [0.4, 0.5) is 0 Å². The van der Waals surface area contributed by atoms with Crippen LogP contribution < -0.4 is 10.1 Å². The standard InChI is InChI=1S/C19H28N2O4/c1-24-12-15-7-13(3-6-18(15)25-2)8-21-9-16(14-4-5-14)17(10-21)20-19(23)11-22/h3,6-7,14,16-17,22H,4-5,8-12H2,1-2H3,(H,20,23)/t16-,17+/m1/s1. The molecule has 25 heavy (non-hydrogen) atoms. The number of methoxy groups -OCH3 is 2. The van der Waals surface area contributed by atoms with Gasteiger partial charge in [0, 0.05) is 38.3 Å². The molecule has 0 aromatic heterocycles. The summed E-state index contributed by atoms with van der Waals surface area (Å²) >= 11 is 0. The number of rotatable bonds is 8. The van der Waals surface area contributed by atoms with Gasteiger partial charge in [-0.05, 0) is 42.4 Å². The summed E-state index contributed by atoms with van der Waals surface area (Å²) < 4.78 is 10.6. The van der Waals surface area contributed by atoms with E-state index >= 15 is 0 Å². The Morgan fingerprint density at radius 3 is 2.76 bits per heavy atom. The molecule has 1 aliphatic carbocycles. The number of aliphatic hydroxyl groups excluding tert-OH is 1. The van der Waals surface area contributed by atoms with Crippen LogP contribution in [0.1, 0.15) is 24.0 Å². The van der Waals surface area contributed by atoms with Crippen LogP contribution in [0.15, 0.2) is 18.2 Å². The Labute approximate surface area is 149 Å². The van der Waals surface area contributed by atoms with Crippen molar-refractivity contribution in [1.29, 1.82) is 0 Å². The Morgan fingerprint density at radius 2 is 2.12 bits per heavy atom. The van der Waals surface area contributed by atoms with Gasteiger partial charge in [0.25, 0.3) is 0 Å². The fraction of sp³-hybridized carbons (Fsp3) is 0.632. The normalized spacial score (nSPS) is 23.6. The van der Waals surface area contributed by atoms with Crippen LogP contribution in [-0.2, 0) is 22.7 Å². The number of nitrogens with one attached hydrogen (secondary N) is 1. The maximum Gasteiger partial charge on any atom is 0.245 e. The van der Waals surface area contributed by atoms with E-state index in [1.54, 1.807) is 14.2 Å². The van der Waals surface area contributed by atoms with Gasteiger partial charge in [-0.15, -0.1) is 0 Å². The van der Waals surface area contributed by atoms with E-state index in [0.29, 0.717) is 18.4 Å². The van der Waals surface area contributed by atoms with E-state index in [0.717, 1.165) is 30.9 Å². The summed E-state index contributed by atoms with van der Waals surface area (Å²) in [7, 11) is 3.35. The predicted octanol–water partition coefficient (Wildman–Crippen LogP) is 1.16. The van der Waals surface area contributed by atoms with E-state index in [1.807, 2.05) is 6.07 Å². The van der Waals surface area contributed by atoms with Gasteiger partial charge in [-0.1, -0.05) is 6.07 Å². The van der Waals surface area contributed by atoms with Crippen LogP contribution in [0.3, 0.4) is 0 Å². The zero-order valence-corrected chi connectivity index (χ0v) is 15.0. The molecule has 1 aromatic rings. The molecule has 1 saturated carbocycles. The second kappa shape index (κ2) is 8.17. The third-order valence-corrected chi connectivity index (χ3v) is 5.21. The number of amides is 1. The van der Waals surface area contributed by atoms with E-state index in [9.17, 15) is 4.79 Å². The van der Waals surface area contributed by atoms with E-state index in [-0.39, 0.29) is 11.9 Å². The summed E-state index contributed by atoms with van der Waals surface area (Å²) in [6, 6.07) is 6.35. The molecule has 138 valence electrons. The lowest BCUT2D eigenvalue weighted by molar-refractivity contribution is -0.124. The van der Waals surface area contributed by atoms with E-state index in [1.165, 1.54) is 18.4 Å². The predicted molar refractivity (Wildman–Crippen MR) is 94.2 cm³/mol. The molecule has 1 heterocycles. The van der Waals surface area contributed by atoms with Crippen LogP contribution in [0.5, 0.6) is 5.75 Å². The molecule has 6 nitrogen and oxygen atoms in total. The Bertz CT molecular complexity index is 603. The number of ether oxygens (including phenoxy) is 2. The van der Waals surface area contributed by atoms with Gasteiger partial charge in [-0.2, -0.15) is 0 Å². The van der Waals surface area contributed by atoms with Gasteiger partial charge in [-0.3, -0.25) is 9.69 Å². The van der Waals surface area contributed by atoms with Gasteiger partial charge in [0.1, 0.15) is 12.4 Å². The first-order valence-electron chi connectivity index (χ1n) is 8.92. The fourth-order valence-corrected chi connectivity index (χ4v) is 3.91. The van der Waals surface area contributed by atoms with Crippen molar-refractivity contribution in [2.45, 2.75) is 32.0 Å². The molecule has 1 amide bonds. The maximum atomic E-state index is 11.6. The Morgan fingerprint density at radius 1 is 1.32 bits per heavy atom. The zero-order chi connectivity index (χ0) is 17.8. The van der Waals surface area contributed by atoms with Crippen LogP contribution >= 0.6 is 0 Å². The van der Waals surface area contributed by atoms with E-state index < -0.39 is 6.61 Å². The Hall–Kier alpha value is -1.63. The van der Waals surface area contributed by atoms with Crippen molar-refractivity contribution in [1.82, 2.24) is 10.2 Å². The lowest BCUT2D eigenvalue weighted by Gasteiger charge is -2.18. The molecule has 0 radical (unpaired) electrons. The van der Waals surface area contributed by atoms with Crippen LogP contribution in [-0.4, -0.2) is 55.9 Å². The van der Waals surface area contributed by atoms with Gasteiger partial charge in [0.05, 0.1) is 13.7 Å². The first-order chi connectivity index (χ1) is 12.1. The molecule has 6 heteroatoms. The van der Waals surface area contributed by atoms with Crippen molar-refractivity contribution in [2.24, 2.45) is 11.8 Å². The molecule has 1 aliphatic heterocycles. The molecule has 2 N–H and O–H groups in total. The highest BCUT2D eigenvalue weighted by Gasteiger charge is 2.42. The molecule has 0 spiro atoms. The largest absolute Gasteiger partial charge is 0.496 e. The van der Waals surface area contributed by atoms with Gasteiger partial charge in [0.15, 0.2) is 0 Å². The summed E-state index contributed by atoms with van der Waals surface area (Å²) in [5, 5.41) is 12.0. The average molecular weight is 348 g/mol. The highest BCUT2D eigenvalue weighted by Crippen LogP contribution is 2.41. The number of hydrogen-bond donors (Lipinski definition) is 2. The van der Waals surface area contributed by atoms with Gasteiger partial charge in [-0.25, -0.2) is 0 Å². The molecule has 2 fully saturated rings. The first kappa shape index (κ1) is 18.2. The minimum Gasteiger partial charge on any atom is -0.496 e. The van der Waals surface area contributed by atoms with Crippen molar-refractivity contribution >= 4 is 5.91 Å². The lowest BCUT2D eigenvalue weighted by Crippen LogP contribution is -2.42. The smallest absolute Gasteiger partial charge is 0.245 e. The summed E-state index contributed by atoms with van der Waals surface area (Å²) in [6.07, 6.45) is 2.51. The molecule has 0 unspecified atom stereocenters. The molecule has 1 aromatic carbocycles. The van der Waals surface area contributed by atoms with E-state index in [2.05, 4.69) is 22.3 Å². The molecule has 1 saturated heterocycles. The fourth-order valence-electron chi connectivity index (χ4n) is 3.91. The third-order valence-electron chi connectivity index (χ3n) is 5.21. The number of benzene rings is 1. The van der Waals surface area contributed by atoms with Gasteiger partial charge in [0.2, 0.25) is 5.91 Å². The Balaban J connectivity index is 1.66. The highest BCUT2D eigenvalue weighted by molar-refractivity contribution is 5.77. The van der Waals surface area contributed by atoms with E-state index in [4.69, 9.17) is 14.6 Å².